The molecule has 2 heteroatoms. The summed E-state index contributed by atoms with van der Waals surface area (Å²) in [7, 11) is 0. The predicted octanol–water partition coefficient (Wildman–Crippen LogP) is 6.08. The molecule has 1 aromatic heterocycles. The molecule has 0 aromatic carbocycles. The van der Waals surface area contributed by atoms with Crippen molar-refractivity contribution >= 4 is 5.78 Å². The van der Waals surface area contributed by atoms with Gasteiger partial charge in [-0.05, 0) is 19.4 Å². The number of hydrogen-bond donors (Lipinski definition) is 0. The number of hydrogen-bond acceptors (Lipinski definition) is 2. The first-order valence-electron chi connectivity index (χ1n) is 8.32. The molecule has 0 aliphatic heterocycles. The summed E-state index contributed by atoms with van der Waals surface area (Å²) in [5.41, 5.74) is 0.735. The first kappa shape index (κ1) is 17.0. The SMILES string of the molecule is CCCCCCCCCCCCC(=O)c1coc(C)c1. The minimum absolute atomic E-state index is 0.224. The van der Waals surface area contributed by atoms with Crippen molar-refractivity contribution in [2.45, 2.75) is 84.5 Å². The smallest absolute Gasteiger partial charge is 0.166 e. The highest BCUT2D eigenvalue weighted by molar-refractivity contribution is 5.95. The Morgan fingerprint density at radius 1 is 0.950 bits per heavy atom. The molecule has 0 radical (unpaired) electrons. The van der Waals surface area contributed by atoms with E-state index >= 15 is 0 Å². The van der Waals surface area contributed by atoms with Crippen molar-refractivity contribution in [2.75, 3.05) is 0 Å². The molecular formula is C18H30O2. The second kappa shape index (κ2) is 10.7. The monoisotopic (exact) mass is 278 g/mol. The van der Waals surface area contributed by atoms with E-state index in [1.807, 2.05) is 13.0 Å². The van der Waals surface area contributed by atoms with Crippen molar-refractivity contribution in [2.24, 2.45) is 0 Å². The minimum atomic E-state index is 0.224. The minimum Gasteiger partial charge on any atom is -0.469 e. The van der Waals surface area contributed by atoms with Crippen LogP contribution in [0.1, 0.15) is 93.7 Å². The first-order chi connectivity index (χ1) is 9.74. The molecule has 2 nitrogen and oxygen atoms in total. The molecule has 0 N–H and O–H groups in total. The standard InChI is InChI=1S/C18H30O2/c1-3-4-5-6-7-8-9-10-11-12-13-18(19)17-14-16(2)20-15-17/h14-15H,3-13H2,1-2H3. The fraction of sp³-hybridized carbons (Fsp3) is 0.722. The van der Waals surface area contributed by atoms with E-state index in [1.54, 1.807) is 6.26 Å². The molecule has 1 aromatic rings. The molecule has 0 fully saturated rings. The zero-order valence-electron chi connectivity index (χ0n) is 13.2. The number of aryl methyl sites for hydroxylation is 1. The van der Waals surface area contributed by atoms with Gasteiger partial charge in [-0.1, -0.05) is 64.7 Å². The topological polar surface area (TPSA) is 30.2 Å². The van der Waals surface area contributed by atoms with Crippen molar-refractivity contribution in [1.29, 1.82) is 0 Å². The van der Waals surface area contributed by atoms with Crippen LogP contribution in [-0.2, 0) is 0 Å². The highest BCUT2D eigenvalue weighted by Gasteiger charge is 2.07. The van der Waals surface area contributed by atoms with E-state index in [0.29, 0.717) is 6.42 Å². The van der Waals surface area contributed by atoms with E-state index < -0.39 is 0 Å². The first-order valence-corrected chi connectivity index (χ1v) is 8.32. The van der Waals surface area contributed by atoms with E-state index in [1.165, 1.54) is 57.8 Å². The van der Waals surface area contributed by atoms with Crippen LogP contribution in [0.3, 0.4) is 0 Å². The molecule has 0 saturated heterocycles. The lowest BCUT2D eigenvalue weighted by molar-refractivity contribution is 0.0978. The van der Waals surface area contributed by atoms with Crippen molar-refractivity contribution in [3.8, 4) is 0 Å². The number of Topliss-reactive ketones (excluding diaryl/α,β-unsaturated/α-hetero) is 1. The Kier molecular flexibility index (Phi) is 9.10. The van der Waals surface area contributed by atoms with E-state index in [4.69, 9.17) is 4.42 Å². The average Bonchev–Trinajstić information content (AvgIpc) is 2.87. The van der Waals surface area contributed by atoms with E-state index in [0.717, 1.165) is 17.7 Å². The fourth-order valence-corrected chi connectivity index (χ4v) is 2.51. The molecule has 0 spiro atoms. The van der Waals surface area contributed by atoms with Gasteiger partial charge >= 0.3 is 0 Å². The maximum Gasteiger partial charge on any atom is 0.166 e. The van der Waals surface area contributed by atoms with Gasteiger partial charge in [0, 0.05) is 6.42 Å². The number of carbonyl (C=O) groups excluding carboxylic acids is 1. The Labute approximate surface area is 123 Å². The maximum atomic E-state index is 11.8. The van der Waals surface area contributed by atoms with Gasteiger partial charge in [0.1, 0.15) is 12.0 Å². The van der Waals surface area contributed by atoms with Gasteiger partial charge in [-0.3, -0.25) is 4.79 Å². The quantitative estimate of drug-likeness (QED) is 0.342. The third-order valence-electron chi connectivity index (χ3n) is 3.81. The van der Waals surface area contributed by atoms with Crippen LogP contribution >= 0.6 is 0 Å². The highest BCUT2D eigenvalue weighted by atomic mass is 16.3. The molecule has 0 bridgehead atoms. The molecule has 0 unspecified atom stereocenters. The van der Waals surface area contributed by atoms with Crippen molar-refractivity contribution in [1.82, 2.24) is 0 Å². The Hall–Kier alpha value is -1.05. The average molecular weight is 278 g/mol. The molecular weight excluding hydrogens is 248 g/mol. The normalized spacial score (nSPS) is 10.9. The van der Waals surface area contributed by atoms with Crippen molar-refractivity contribution in [3.63, 3.8) is 0 Å². The highest BCUT2D eigenvalue weighted by Crippen LogP contribution is 2.14. The second-order valence-corrected chi connectivity index (χ2v) is 5.80. The second-order valence-electron chi connectivity index (χ2n) is 5.80. The summed E-state index contributed by atoms with van der Waals surface area (Å²) in [4.78, 5) is 11.8. The van der Waals surface area contributed by atoms with Crippen LogP contribution in [0.15, 0.2) is 16.7 Å². The lowest BCUT2D eigenvalue weighted by Gasteiger charge is -2.02. The molecule has 1 rings (SSSR count). The largest absolute Gasteiger partial charge is 0.469 e. The summed E-state index contributed by atoms with van der Waals surface area (Å²) in [6.07, 6.45) is 15.3. The van der Waals surface area contributed by atoms with Gasteiger partial charge in [0.25, 0.3) is 0 Å². The summed E-state index contributed by atoms with van der Waals surface area (Å²) in [5.74, 6) is 1.04. The van der Waals surface area contributed by atoms with Crippen LogP contribution in [0.5, 0.6) is 0 Å². The molecule has 0 amide bonds. The molecule has 0 aliphatic carbocycles. The third-order valence-corrected chi connectivity index (χ3v) is 3.81. The Morgan fingerprint density at radius 3 is 2.00 bits per heavy atom. The lowest BCUT2D eigenvalue weighted by Crippen LogP contribution is -1.96. The van der Waals surface area contributed by atoms with Gasteiger partial charge in [0.15, 0.2) is 5.78 Å². The maximum absolute atomic E-state index is 11.8. The molecule has 1 heterocycles. The Bertz CT molecular complexity index is 365. The number of ketones is 1. The zero-order chi connectivity index (χ0) is 14.6. The summed E-state index contributed by atoms with van der Waals surface area (Å²) >= 11 is 0. The van der Waals surface area contributed by atoms with Gasteiger partial charge < -0.3 is 4.42 Å². The number of furan rings is 1. The van der Waals surface area contributed by atoms with E-state index in [2.05, 4.69) is 6.92 Å². The predicted molar refractivity (Wildman–Crippen MR) is 84.2 cm³/mol. The molecule has 0 atom stereocenters. The fourth-order valence-electron chi connectivity index (χ4n) is 2.51. The lowest BCUT2D eigenvalue weighted by atomic mass is 10.0. The van der Waals surface area contributed by atoms with E-state index in [9.17, 15) is 4.79 Å². The molecule has 0 saturated carbocycles. The molecule has 0 aliphatic rings. The Morgan fingerprint density at radius 2 is 1.50 bits per heavy atom. The van der Waals surface area contributed by atoms with Crippen LogP contribution in [0, 0.1) is 6.92 Å². The van der Waals surface area contributed by atoms with Gasteiger partial charge in [-0.25, -0.2) is 0 Å². The van der Waals surface area contributed by atoms with Crippen LogP contribution in [-0.4, -0.2) is 5.78 Å². The van der Waals surface area contributed by atoms with Gasteiger partial charge in [-0.2, -0.15) is 0 Å². The summed E-state index contributed by atoms with van der Waals surface area (Å²) in [5, 5.41) is 0. The summed E-state index contributed by atoms with van der Waals surface area (Å²) in [6.45, 7) is 4.13. The number of rotatable bonds is 12. The zero-order valence-corrected chi connectivity index (χ0v) is 13.2. The van der Waals surface area contributed by atoms with Crippen molar-refractivity contribution in [3.05, 3.63) is 23.7 Å². The van der Waals surface area contributed by atoms with Crippen LogP contribution in [0.25, 0.3) is 0 Å². The van der Waals surface area contributed by atoms with Gasteiger partial charge in [0.2, 0.25) is 0 Å². The summed E-state index contributed by atoms with van der Waals surface area (Å²) in [6, 6.07) is 1.83. The summed E-state index contributed by atoms with van der Waals surface area (Å²) < 4.78 is 5.16. The van der Waals surface area contributed by atoms with Crippen LogP contribution in [0.4, 0.5) is 0 Å². The number of unbranched alkanes of at least 4 members (excludes halogenated alkanes) is 9. The van der Waals surface area contributed by atoms with Crippen molar-refractivity contribution < 1.29 is 9.21 Å². The van der Waals surface area contributed by atoms with Gasteiger partial charge in [-0.15, -0.1) is 0 Å². The third kappa shape index (κ3) is 7.52. The van der Waals surface area contributed by atoms with Crippen LogP contribution in [0.2, 0.25) is 0 Å². The van der Waals surface area contributed by atoms with Gasteiger partial charge in [0.05, 0.1) is 5.56 Å². The molecule has 114 valence electrons. The Balaban J connectivity index is 1.91. The van der Waals surface area contributed by atoms with Crippen LogP contribution < -0.4 is 0 Å². The number of carbonyl (C=O) groups is 1. The molecule has 20 heavy (non-hydrogen) atoms. The van der Waals surface area contributed by atoms with E-state index in [-0.39, 0.29) is 5.78 Å².